The Morgan fingerprint density at radius 3 is 2.57 bits per heavy atom. The van der Waals surface area contributed by atoms with Crippen LogP contribution in [-0.2, 0) is 15.7 Å². The monoisotopic (exact) mass is 626 g/mol. The van der Waals surface area contributed by atoms with Gasteiger partial charge in [0.2, 0.25) is 0 Å². The maximum absolute atomic E-state index is 14.0. The predicted octanol–water partition coefficient (Wildman–Crippen LogP) is 5.87. The van der Waals surface area contributed by atoms with Crippen molar-refractivity contribution >= 4 is 23.4 Å². The Hall–Kier alpha value is -4.58. The van der Waals surface area contributed by atoms with Gasteiger partial charge in [-0.25, -0.2) is 9.79 Å². The van der Waals surface area contributed by atoms with Gasteiger partial charge in [0, 0.05) is 17.2 Å². The van der Waals surface area contributed by atoms with E-state index >= 15 is 0 Å². The third kappa shape index (κ3) is 5.94. The van der Waals surface area contributed by atoms with E-state index in [1.807, 2.05) is 6.92 Å². The highest BCUT2D eigenvalue weighted by Crippen LogP contribution is 2.39. The summed E-state index contributed by atoms with van der Waals surface area (Å²) >= 11 is 1.11. The number of aromatic nitrogens is 1. The van der Waals surface area contributed by atoms with E-state index in [9.17, 15) is 22.8 Å². The zero-order valence-corrected chi connectivity index (χ0v) is 25.2. The average Bonchev–Trinajstić information content (AvgIpc) is 3.60. The van der Waals surface area contributed by atoms with E-state index in [1.54, 1.807) is 37.3 Å². The van der Waals surface area contributed by atoms with Crippen LogP contribution in [0.3, 0.4) is 0 Å². The SMILES string of the molecule is CCCC1=C(C(=O)OCC)[C@@H](c2cc(OC)ccc2OC)n2c(s/c(=C\c3ccc(-c4cccc(C(F)(F)F)c4)o3)c2=O)=N1. The number of esters is 1. The molecule has 230 valence electrons. The lowest BCUT2D eigenvalue weighted by Gasteiger charge is -2.27. The summed E-state index contributed by atoms with van der Waals surface area (Å²) in [7, 11) is 3.01. The molecule has 8 nitrogen and oxygen atoms in total. The Balaban J connectivity index is 1.69. The molecule has 0 saturated heterocycles. The maximum Gasteiger partial charge on any atom is 0.416 e. The summed E-state index contributed by atoms with van der Waals surface area (Å²) in [5.74, 6) is 0.806. The molecule has 3 heterocycles. The summed E-state index contributed by atoms with van der Waals surface area (Å²) in [5.41, 5.74) is 0.236. The van der Waals surface area contributed by atoms with Gasteiger partial charge in [-0.1, -0.05) is 36.8 Å². The minimum Gasteiger partial charge on any atom is -0.497 e. The summed E-state index contributed by atoms with van der Waals surface area (Å²) in [6, 6.07) is 12.1. The molecular weight excluding hydrogens is 597 g/mol. The van der Waals surface area contributed by atoms with Gasteiger partial charge in [0.15, 0.2) is 4.80 Å². The lowest BCUT2D eigenvalue weighted by Crippen LogP contribution is -2.40. The van der Waals surface area contributed by atoms with Crippen molar-refractivity contribution in [2.45, 2.75) is 38.9 Å². The number of allylic oxidation sites excluding steroid dienone is 1. The van der Waals surface area contributed by atoms with Crippen LogP contribution < -0.4 is 24.4 Å². The van der Waals surface area contributed by atoms with E-state index in [4.69, 9.17) is 23.6 Å². The van der Waals surface area contributed by atoms with E-state index in [0.717, 1.165) is 23.5 Å². The van der Waals surface area contributed by atoms with Crippen LogP contribution in [0.4, 0.5) is 13.2 Å². The molecule has 0 fully saturated rings. The maximum atomic E-state index is 14.0. The highest BCUT2D eigenvalue weighted by molar-refractivity contribution is 7.07. The lowest BCUT2D eigenvalue weighted by atomic mass is 9.93. The van der Waals surface area contributed by atoms with Crippen LogP contribution in [0.2, 0.25) is 0 Å². The fourth-order valence-corrected chi connectivity index (χ4v) is 6.03. The van der Waals surface area contributed by atoms with Gasteiger partial charge in [0.1, 0.15) is 29.1 Å². The minimum atomic E-state index is -4.50. The molecule has 1 aliphatic heterocycles. The minimum absolute atomic E-state index is 0.126. The first-order valence-electron chi connectivity index (χ1n) is 13.8. The fourth-order valence-electron chi connectivity index (χ4n) is 5.03. The average molecular weight is 627 g/mol. The number of furan rings is 1. The van der Waals surface area contributed by atoms with E-state index in [1.165, 1.54) is 37.0 Å². The van der Waals surface area contributed by atoms with E-state index < -0.39 is 29.3 Å². The number of benzene rings is 2. The third-order valence-electron chi connectivity index (χ3n) is 7.00. The molecule has 0 bridgehead atoms. The van der Waals surface area contributed by atoms with Crippen LogP contribution in [0.25, 0.3) is 17.4 Å². The molecule has 0 unspecified atom stereocenters. The molecule has 0 saturated carbocycles. The van der Waals surface area contributed by atoms with Gasteiger partial charge in [-0.05, 0) is 55.8 Å². The highest BCUT2D eigenvalue weighted by atomic mass is 32.1. The van der Waals surface area contributed by atoms with Crippen molar-refractivity contribution in [1.82, 2.24) is 4.57 Å². The molecular formula is C32H29F3N2O6S. The Bertz CT molecular complexity index is 1920. The number of halogens is 3. The van der Waals surface area contributed by atoms with Crippen LogP contribution in [-0.4, -0.2) is 31.4 Å². The number of hydrogen-bond donors (Lipinski definition) is 0. The van der Waals surface area contributed by atoms with Crippen molar-refractivity contribution in [2.24, 2.45) is 4.99 Å². The first-order chi connectivity index (χ1) is 21.1. The summed E-state index contributed by atoms with van der Waals surface area (Å²) in [5, 5.41) is 0. The Morgan fingerprint density at radius 1 is 1.09 bits per heavy atom. The first-order valence-corrected chi connectivity index (χ1v) is 14.6. The summed E-state index contributed by atoms with van der Waals surface area (Å²) < 4.78 is 63.8. The van der Waals surface area contributed by atoms with Crippen LogP contribution in [0.15, 0.2) is 80.1 Å². The topological polar surface area (TPSA) is 92.3 Å². The number of methoxy groups -OCH3 is 2. The number of nitrogens with zero attached hydrogens (tertiary/aromatic N) is 2. The summed E-state index contributed by atoms with van der Waals surface area (Å²) in [6.07, 6.45) is -1.85. The molecule has 4 aromatic rings. The molecule has 0 spiro atoms. The molecule has 0 radical (unpaired) electrons. The van der Waals surface area contributed by atoms with Gasteiger partial charge >= 0.3 is 12.1 Å². The van der Waals surface area contributed by atoms with Crippen LogP contribution in [0, 0.1) is 0 Å². The molecule has 0 aliphatic carbocycles. The summed E-state index contributed by atoms with van der Waals surface area (Å²) in [6.45, 7) is 3.78. The van der Waals surface area contributed by atoms with E-state index in [0.29, 0.717) is 40.4 Å². The first kappa shape index (κ1) is 30.9. The van der Waals surface area contributed by atoms with Crippen molar-refractivity contribution in [1.29, 1.82) is 0 Å². The number of alkyl halides is 3. The second-order valence-electron chi connectivity index (χ2n) is 9.80. The smallest absolute Gasteiger partial charge is 0.416 e. The van der Waals surface area contributed by atoms with E-state index in [-0.39, 0.29) is 33.8 Å². The van der Waals surface area contributed by atoms with Gasteiger partial charge in [0.25, 0.3) is 5.56 Å². The quantitative estimate of drug-likeness (QED) is 0.216. The van der Waals surface area contributed by atoms with Crippen molar-refractivity contribution in [2.75, 3.05) is 20.8 Å². The van der Waals surface area contributed by atoms with Gasteiger partial charge in [-0.2, -0.15) is 13.2 Å². The lowest BCUT2D eigenvalue weighted by molar-refractivity contribution is -0.139. The van der Waals surface area contributed by atoms with Gasteiger partial charge < -0.3 is 18.6 Å². The predicted molar refractivity (Wildman–Crippen MR) is 158 cm³/mol. The van der Waals surface area contributed by atoms with Crippen molar-refractivity contribution in [3.63, 3.8) is 0 Å². The molecule has 0 amide bonds. The zero-order valence-electron chi connectivity index (χ0n) is 24.4. The molecule has 2 aromatic carbocycles. The molecule has 5 rings (SSSR count). The number of ether oxygens (including phenoxy) is 3. The van der Waals surface area contributed by atoms with Crippen molar-refractivity contribution in [3.05, 3.63) is 102 Å². The molecule has 2 aromatic heterocycles. The van der Waals surface area contributed by atoms with Crippen molar-refractivity contribution in [3.8, 4) is 22.8 Å². The normalized spacial score (nSPS) is 15.2. The Labute approximate surface area is 254 Å². The number of carbonyl (C=O) groups excluding carboxylic acids is 1. The number of fused-ring (bicyclic) bond motifs is 1. The standard InChI is InChI=1S/C32H29F3N2O6S/c1-5-8-23-27(30(39)42-6-2)28(22-16-20(40-3)11-14-25(22)41-4)37-29(38)26(44-31(37)36-23)17-21-12-13-24(43-21)18-9-7-10-19(15-18)32(33,34)35/h7,9-17,28H,5-6,8H2,1-4H3/b26-17-/t28-/m1/s1. The van der Waals surface area contributed by atoms with Crippen LogP contribution >= 0.6 is 11.3 Å². The highest BCUT2D eigenvalue weighted by Gasteiger charge is 2.36. The van der Waals surface area contributed by atoms with Crippen LogP contribution in [0.5, 0.6) is 11.5 Å². The molecule has 12 heteroatoms. The number of thiazole rings is 1. The number of hydrogen-bond acceptors (Lipinski definition) is 8. The van der Waals surface area contributed by atoms with Gasteiger partial charge in [0.05, 0.1) is 42.2 Å². The second-order valence-corrected chi connectivity index (χ2v) is 10.8. The number of rotatable bonds is 9. The fraction of sp³-hybridized carbons (Fsp3) is 0.281. The van der Waals surface area contributed by atoms with Crippen molar-refractivity contribution < 1.29 is 36.6 Å². The van der Waals surface area contributed by atoms with Gasteiger partial charge in [-0.3, -0.25) is 9.36 Å². The number of carbonyl (C=O) groups is 1. The Kier molecular flexibility index (Phi) is 8.82. The molecule has 1 aliphatic rings. The molecule has 0 N–H and O–H groups in total. The Morgan fingerprint density at radius 2 is 1.89 bits per heavy atom. The van der Waals surface area contributed by atoms with E-state index in [2.05, 4.69) is 0 Å². The second kappa shape index (κ2) is 12.6. The van der Waals surface area contributed by atoms with Gasteiger partial charge in [-0.15, -0.1) is 0 Å². The molecule has 44 heavy (non-hydrogen) atoms. The molecule has 1 atom stereocenters. The zero-order chi connectivity index (χ0) is 31.6. The van der Waals surface area contributed by atoms with Crippen LogP contribution in [0.1, 0.15) is 49.6 Å². The summed E-state index contributed by atoms with van der Waals surface area (Å²) in [4.78, 5) is 32.6. The largest absolute Gasteiger partial charge is 0.497 e. The third-order valence-corrected chi connectivity index (χ3v) is 7.98.